The zero-order valence-electron chi connectivity index (χ0n) is 16.6. The molecule has 0 aliphatic carbocycles. The van der Waals surface area contributed by atoms with Crippen molar-refractivity contribution in [1.82, 2.24) is 15.5 Å². The first-order valence-electron chi connectivity index (χ1n) is 9.86. The van der Waals surface area contributed by atoms with Crippen LogP contribution in [0.4, 0.5) is 4.79 Å². The number of nitrogens with one attached hydrogen (secondary N) is 2. The molecule has 1 heterocycles. The molecule has 0 saturated carbocycles. The Hall–Kier alpha value is -3.06. The van der Waals surface area contributed by atoms with Crippen molar-refractivity contribution in [3.63, 3.8) is 0 Å². The van der Waals surface area contributed by atoms with Gasteiger partial charge in [-0.15, -0.1) is 0 Å². The fourth-order valence-electron chi connectivity index (χ4n) is 3.66. The summed E-state index contributed by atoms with van der Waals surface area (Å²) in [6.07, 6.45) is 1.14. The topological polar surface area (TPSA) is 96.7 Å². The van der Waals surface area contributed by atoms with Gasteiger partial charge in [0.05, 0.1) is 12.5 Å². The first-order chi connectivity index (χ1) is 14.0. The molecular weight excluding hydrogens is 368 g/mol. The van der Waals surface area contributed by atoms with Gasteiger partial charge >= 0.3 is 6.03 Å². The standard InChI is InChI=1S/C22H28N4O3/c1-24-14-16-10-11-26(15-16)21(27)13-20(25-22(23)28)17-6-5-9-19(12-17)29-18-7-3-2-4-8-18/h2-9,12,16,20,24H,10-11,13-15H2,1H3,(H3,23,25,28). The summed E-state index contributed by atoms with van der Waals surface area (Å²) in [7, 11) is 1.92. The lowest BCUT2D eigenvalue weighted by molar-refractivity contribution is -0.130. The Balaban J connectivity index is 1.70. The van der Waals surface area contributed by atoms with Crippen LogP contribution in [0.25, 0.3) is 0 Å². The molecule has 1 aliphatic rings. The summed E-state index contributed by atoms with van der Waals surface area (Å²) in [6.45, 7) is 2.37. The van der Waals surface area contributed by atoms with Crippen LogP contribution in [0.15, 0.2) is 54.6 Å². The minimum absolute atomic E-state index is 0.0109. The van der Waals surface area contributed by atoms with Crippen molar-refractivity contribution < 1.29 is 14.3 Å². The van der Waals surface area contributed by atoms with Gasteiger partial charge in [0.1, 0.15) is 11.5 Å². The minimum Gasteiger partial charge on any atom is -0.457 e. The number of urea groups is 1. The summed E-state index contributed by atoms with van der Waals surface area (Å²) in [5.41, 5.74) is 6.14. The van der Waals surface area contributed by atoms with Gasteiger partial charge in [0, 0.05) is 13.1 Å². The number of benzene rings is 2. The van der Waals surface area contributed by atoms with Crippen molar-refractivity contribution in [3.05, 3.63) is 60.2 Å². The summed E-state index contributed by atoms with van der Waals surface area (Å²) in [5, 5.41) is 5.86. The maximum atomic E-state index is 12.8. The van der Waals surface area contributed by atoms with Crippen molar-refractivity contribution >= 4 is 11.9 Å². The first-order valence-corrected chi connectivity index (χ1v) is 9.86. The van der Waals surface area contributed by atoms with E-state index in [2.05, 4.69) is 10.6 Å². The molecule has 2 aromatic rings. The molecule has 154 valence electrons. The molecule has 1 saturated heterocycles. The van der Waals surface area contributed by atoms with E-state index >= 15 is 0 Å². The molecule has 2 atom stereocenters. The van der Waals surface area contributed by atoms with Gasteiger partial charge < -0.3 is 26.0 Å². The van der Waals surface area contributed by atoms with Crippen LogP contribution in [0.3, 0.4) is 0 Å². The fraction of sp³-hybridized carbons (Fsp3) is 0.364. The van der Waals surface area contributed by atoms with Gasteiger partial charge in [-0.3, -0.25) is 4.79 Å². The van der Waals surface area contributed by atoms with E-state index in [1.54, 1.807) is 0 Å². The second kappa shape index (κ2) is 9.93. The van der Waals surface area contributed by atoms with E-state index in [0.717, 1.165) is 31.6 Å². The molecule has 3 rings (SSSR count). The molecule has 0 bridgehead atoms. The Morgan fingerprint density at radius 2 is 1.93 bits per heavy atom. The maximum Gasteiger partial charge on any atom is 0.312 e. The van der Waals surface area contributed by atoms with Gasteiger partial charge in [0.25, 0.3) is 0 Å². The predicted molar refractivity (Wildman–Crippen MR) is 112 cm³/mol. The van der Waals surface area contributed by atoms with E-state index in [4.69, 9.17) is 10.5 Å². The van der Waals surface area contributed by atoms with Crippen LogP contribution in [0.2, 0.25) is 0 Å². The third kappa shape index (κ3) is 5.96. The smallest absolute Gasteiger partial charge is 0.312 e. The molecule has 2 unspecified atom stereocenters. The molecule has 0 aromatic heterocycles. The SMILES string of the molecule is CNCC1CCN(C(=O)CC(NC(N)=O)c2cccc(Oc3ccccc3)c2)C1. The van der Waals surface area contributed by atoms with Crippen molar-refractivity contribution in [2.45, 2.75) is 18.9 Å². The highest BCUT2D eigenvalue weighted by Gasteiger charge is 2.28. The minimum atomic E-state index is -0.660. The van der Waals surface area contributed by atoms with E-state index in [1.165, 1.54) is 0 Å². The largest absolute Gasteiger partial charge is 0.457 e. The number of likely N-dealkylation sites (tertiary alicyclic amines) is 1. The van der Waals surface area contributed by atoms with Crippen molar-refractivity contribution in [3.8, 4) is 11.5 Å². The number of nitrogens with two attached hydrogens (primary N) is 1. The normalized spacial score (nSPS) is 17.0. The summed E-state index contributed by atoms with van der Waals surface area (Å²) < 4.78 is 5.87. The molecule has 2 aromatic carbocycles. The van der Waals surface area contributed by atoms with Gasteiger partial charge in [-0.25, -0.2) is 4.79 Å². The van der Waals surface area contributed by atoms with Crippen molar-refractivity contribution in [2.75, 3.05) is 26.7 Å². The van der Waals surface area contributed by atoms with Gasteiger partial charge in [-0.05, 0) is 55.8 Å². The molecule has 29 heavy (non-hydrogen) atoms. The average Bonchev–Trinajstić information content (AvgIpc) is 3.17. The number of carbonyl (C=O) groups is 2. The van der Waals surface area contributed by atoms with Gasteiger partial charge in [-0.2, -0.15) is 0 Å². The summed E-state index contributed by atoms with van der Waals surface area (Å²) in [5.74, 6) is 1.83. The predicted octanol–water partition coefficient (Wildman–Crippen LogP) is 2.65. The average molecular weight is 396 g/mol. The van der Waals surface area contributed by atoms with Gasteiger partial charge in [0.2, 0.25) is 5.91 Å². The Morgan fingerprint density at radius 3 is 2.66 bits per heavy atom. The van der Waals surface area contributed by atoms with Crippen LogP contribution in [-0.2, 0) is 4.79 Å². The summed E-state index contributed by atoms with van der Waals surface area (Å²) >= 11 is 0. The quantitative estimate of drug-likeness (QED) is 0.639. The van der Waals surface area contributed by atoms with E-state index < -0.39 is 12.1 Å². The van der Waals surface area contributed by atoms with Gasteiger partial charge in [-0.1, -0.05) is 30.3 Å². The highest BCUT2D eigenvalue weighted by molar-refractivity contribution is 5.79. The highest BCUT2D eigenvalue weighted by atomic mass is 16.5. The Labute approximate surface area is 171 Å². The lowest BCUT2D eigenvalue weighted by atomic mass is 10.0. The fourth-order valence-corrected chi connectivity index (χ4v) is 3.66. The Kier molecular flexibility index (Phi) is 7.08. The third-order valence-electron chi connectivity index (χ3n) is 5.07. The number of carbonyl (C=O) groups excluding carboxylic acids is 2. The maximum absolute atomic E-state index is 12.8. The van der Waals surface area contributed by atoms with Crippen LogP contribution >= 0.6 is 0 Å². The monoisotopic (exact) mass is 396 g/mol. The molecule has 7 heteroatoms. The Morgan fingerprint density at radius 1 is 1.17 bits per heavy atom. The van der Waals surface area contributed by atoms with Gasteiger partial charge in [0.15, 0.2) is 0 Å². The number of primary amides is 1. The molecule has 1 fully saturated rings. The summed E-state index contributed by atoms with van der Waals surface area (Å²) in [6, 6.07) is 15.6. The molecule has 0 radical (unpaired) electrons. The third-order valence-corrected chi connectivity index (χ3v) is 5.07. The molecule has 3 amide bonds. The van der Waals surface area contributed by atoms with E-state index in [-0.39, 0.29) is 12.3 Å². The second-order valence-electron chi connectivity index (χ2n) is 7.31. The number of para-hydroxylation sites is 1. The number of hydrogen-bond acceptors (Lipinski definition) is 4. The number of amides is 3. The second-order valence-corrected chi connectivity index (χ2v) is 7.31. The van der Waals surface area contributed by atoms with Crippen molar-refractivity contribution in [1.29, 1.82) is 0 Å². The van der Waals surface area contributed by atoms with Crippen LogP contribution in [-0.4, -0.2) is 43.5 Å². The first kappa shape index (κ1) is 20.7. The Bertz CT molecular complexity index is 828. The number of rotatable bonds is 8. The number of hydrogen-bond donors (Lipinski definition) is 3. The van der Waals surface area contributed by atoms with Crippen LogP contribution in [0.5, 0.6) is 11.5 Å². The van der Waals surface area contributed by atoms with E-state index in [1.807, 2.05) is 66.5 Å². The van der Waals surface area contributed by atoms with Crippen LogP contribution in [0.1, 0.15) is 24.4 Å². The summed E-state index contributed by atoms with van der Waals surface area (Å²) in [4.78, 5) is 26.2. The lowest BCUT2D eigenvalue weighted by Gasteiger charge is -2.22. The molecule has 4 N–H and O–H groups in total. The highest BCUT2D eigenvalue weighted by Crippen LogP contribution is 2.27. The van der Waals surface area contributed by atoms with Crippen LogP contribution < -0.4 is 21.1 Å². The lowest BCUT2D eigenvalue weighted by Crippen LogP contribution is -2.38. The van der Waals surface area contributed by atoms with E-state index in [0.29, 0.717) is 17.4 Å². The molecular formula is C22H28N4O3. The van der Waals surface area contributed by atoms with Crippen molar-refractivity contribution in [2.24, 2.45) is 11.7 Å². The zero-order chi connectivity index (χ0) is 20.6. The molecule has 7 nitrogen and oxygen atoms in total. The zero-order valence-corrected chi connectivity index (χ0v) is 16.6. The number of ether oxygens (including phenoxy) is 1. The molecule has 1 aliphatic heterocycles. The van der Waals surface area contributed by atoms with Crippen LogP contribution in [0, 0.1) is 5.92 Å². The molecule has 0 spiro atoms. The van der Waals surface area contributed by atoms with E-state index in [9.17, 15) is 9.59 Å². The number of nitrogens with zero attached hydrogens (tertiary/aromatic N) is 1.